The number of amides is 1. The van der Waals surface area contributed by atoms with E-state index in [1.165, 1.54) is 6.42 Å². The fraction of sp³-hybridized carbons (Fsp3) is 0.619. The molecular weight excluding hydrogens is 328 g/mol. The van der Waals surface area contributed by atoms with E-state index in [0.717, 1.165) is 56.2 Å². The van der Waals surface area contributed by atoms with Crippen LogP contribution in [0.5, 0.6) is 0 Å². The minimum Gasteiger partial charge on any atom is -0.371 e. The molecule has 1 aromatic rings. The fourth-order valence-corrected chi connectivity index (χ4v) is 4.39. The summed E-state index contributed by atoms with van der Waals surface area (Å²) in [6.45, 7) is 2.76. The second-order valence-corrected chi connectivity index (χ2v) is 7.79. The van der Waals surface area contributed by atoms with Crippen molar-refractivity contribution in [2.45, 2.75) is 63.3 Å². The molecule has 3 heterocycles. The third kappa shape index (κ3) is 3.99. The molecule has 2 fully saturated rings. The van der Waals surface area contributed by atoms with Gasteiger partial charge in [0.05, 0.1) is 31.5 Å². The van der Waals surface area contributed by atoms with Crippen molar-refractivity contribution >= 4 is 5.91 Å². The average Bonchev–Trinajstić information content (AvgIpc) is 3.09. The zero-order chi connectivity index (χ0) is 17.8. The molecule has 140 valence electrons. The minimum atomic E-state index is -0.216. The molecule has 2 atom stereocenters. The van der Waals surface area contributed by atoms with Crippen LogP contribution in [0.3, 0.4) is 0 Å². The van der Waals surface area contributed by atoms with Gasteiger partial charge in [-0.1, -0.05) is 6.08 Å². The highest BCUT2D eigenvalue weighted by Crippen LogP contribution is 2.37. The summed E-state index contributed by atoms with van der Waals surface area (Å²) in [6, 6.07) is 3.95. The summed E-state index contributed by atoms with van der Waals surface area (Å²) in [7, 11) is 0. The second kappa shape index (κ2) is 7.89. The van der Waals surface area contributed by atoms with Gasteiger partial charge in [0, 0.05) is 30.9 Å². The van der Waals surface area contributed by atoms with Crippen LogP contribution in [-0.4, -0.2) is 47.2 Å². The van der Waals surface area contributed by atoms with E-state index in [2.05, 4.69) is 11.1 Å². The smallest absolute Gasteiger partial charge is 0.249 e. The number of hydrogen-bond donors (Lipinski definition) is 0. The first kappa shape index (κ1) is 17.7. The van der Waals surface area contributed by atoms with Crippen molar-refractivity contribution in [3.05, 3.63) is 41.7 Å². The molecule has 1 spiro atoms. The molecular formula is C21H28N2O3. The van der Waals surface area contributed by atoms with Gasteiger partial charge in [-0.05, 0) is 56.2 Å². The summed E-state index contributed by atoms with van der Waals surface area (Å²) < 4.78 is 12.3. The largest absolute Gasteiger partial charge is 0.371 e. The van der Waals surface area contributed by atoms with Crippen molar-refractivity contribution < 1.29 is 14.3 Å². The number of allylic oxidation sites excluding steroid dienone is 1. The quantitative estimate of drug-likeness (QED) is 0.831. The first-order valence-electron chi connectivity index (χ1n) is 9.87. The second-order valence-electron chi connectivity index (χ2n) is 7.79. The van der Waals surface area contributed by atoms with Crippen LogP contribution in [0.25, 0.3) is 0 Å². The summed E-state index contributed by atoms with van der Waals surface area (Å²) in [5, 5.41) is 0. The number of likely N-dealkylation sites (tertiary alicyclic amines) is 1. The Hall–Kier alpha value is -1.72. The summed E-state index contributed by atoms with van der Waals surface area (Å²) in [6.07, 6.45) is 13.0. The van der Waals surface area contributed by atoms with Crippen molar-refractivity contribution in [3.8, 4) is 0 Å². The number of carbonyl (C=O) groups excluding carboxylic acids is 1. The number of nitrogens with zero attached hydrogens (tertiary/aromatic N) is 2. The van der Waals surface area contributed by atoms with Crippen molar-refractivity contribution in [1.29, 1.82) is 0 Å². The van der Waals surface area contributed by atoms with Crippen molar-refractivity contribution in [1.82, 2.24) is 9.88 Å². The lowest BCUT2D eigenvalue weighted by Crippen LogP contribution is -2.50. The van der Waals surface area contributed by atoms with Gasteiger partial charge < -0.3 is 14.4 Å². The lowest BCUT2D eigenvalue weighted by Gasteiger charge is -2.40. The first-order valence-corrected chi connectivity index (χ1v) is 9.87. The number of pyridine rings is 1. The van der Waals surface area contributed by atoms with Gasteiger partial charge in [0.25, 0.3) is 0 Å². The molecule has 0 saturated carbocycles. The molecule has 0 N–H and O–H groups in total. The standard InChI is InChI=1S/C21H28N2O3/c24-20(18-5-2-1-3-6-18)23-12-4-9-21(16-23)13-19(15-26-21)25-14-17-7-10-22-11-8-17/h5,7-8,10-11,19H,1-4,6,9,12-16H2/t19-,21-/m0/s1. The Labute approximate surface area is 155 Å². The van der Waals surface area contributed by atoms with Crippen molar-refractivity contribution in [3.63, 3.8) is 0 Å². The molecule has 1 aliphatic carbocycles. The molecule has 0 unspecified atom stereocenters. The Balaban J connectivity index is 1.33. The monoisotopic (exact) mass is 356 g/mol. The predicted octanol–water partition coefficient (Wildman–Crippen LogP) is 3.25. The van der Waals surface area contributed by atoms with Gasteiger partial charge in [-0.25, -0.2) is 0 Å². The summed E-state index contributed by atoms with van der Waals surface area (Å²) >= 11 is 0. The van der Waals surface area contributed by atoms with Gasteiger partial charge >= 0.3 is 0 Å². The highest BCUT2D eigenvalue weighted by molar-refractivity contribution is 5.93. The third-order valence-corrected chi connectivity index (χ3v) is 5.80. The predicted molar refractivity (Wildman–Crippen MR) is 98.5 cm³/mol. The Morgan fingerprint density at radius 1 is 1.31 bits per heavy atom. The van der Waals surface area contributed by atoms with Gasteiger partial charge in [0.2, 0.25) is 5.91 Å². The van der Waals surface area contributed by atoms with Crippen LogP contribution < -0.4 is 0 Å². The highest BCUT2D eigenvalue weighted by Gasteiger charge is 2.45. The number of aromatic nitrogens is 1. The molecule has 0 aromatic carbocycles. The molecule has 3 aliphatic rings. The number of piperidine rings is 1. The van der Waals surface area contributed by atoms with E-state index in [1.807, 2.05) is 17.0 Å². The maximum atomic E-state index is 12.9. The van der Waals surface area contributed by atoms with Crippen LogP contribution in [0, 0.1) is 0 Å². The van der Waals surface area contributed by atoms with E-state index in [-0.39, 0.29) is 17.6 Å². The molecule has 1 amide bonds. The number of hydrogen-bond acceptors (Lipinski definition) is 4. The van der Waals surface area contributed by atoms with Crippen molar-refractivity contribution in [2.24, 2.45) is 0 Å². The van der Waals surface area contributed by atoms with Crippen LogP contribution in [0.2, 0.25) is 0 Å². The van der Waals surface area contributed by atoms with Crippen LogP contribution >= 0.6 is 0 Å². The van der Waals surface area contributed by atoms with E-state index in [4.69, 9.17) is 9.47 Å². The van der Waals surface area contributed by atoms with Gasteiger partial charge in [-0.15, -0.1) is 0 Å². The van der Waals surface area contributed by atoms with Crippen LogP contribution in [0.4, 0.5) is 0 Å². The number of ether oxygens (including phenoxy) is 2. The summed E-state index contributed by atoms with van der Waals surface area (Å²) in [4.78, 5) is 18.9. The normalized spacial score (nSPS) is 29.0. The summed E-state index contributed by atoms with van der Waals surface area (Å²) in [5.74, 6) is 0.230. The molecule has 5 nitrogen and oxygen atoms in total. The molecule has 26 heavy (non-hydrogen) atoms. The SMILES string of the molecule is O=C(C1=CCCCC1)N1CCC[C@]2(C[C@H](OCc3ccncc3)CO2)C1. The molecule has 2 aliphatic heterocycles. The first-order chi connectivity index (χ1) is 12.7. The van der Waals surface area contributed by atoms with Crippen LogP contribution in [-0.2, 0) is 20.9 Å². The zero-order valence-corrected chi connectivity index (χ0v) is 15.4. The number of carbonyl (C=O) groups is 1. The van der Waals surface area contributed by atoms with E-state index >= 15 is 0 Å². The molecule has 0 radical (unpaired) electrons. The lowest BCUT2D eigenvalue weighted by atomic mass is 9.88. The van der Waals surface area contributed by atoms with Crippen LogP contribution in [0.1, 0.15) is 50.5 Å². The Morgan fingerprint density at radius 2 is 2.19 bits per heavy atom. The van der Waals surface area contributed by atoms with Gasteiger partial charge in [-0.2, -0.15) is 0 Å². The van der Waals surface area contributed by atoms with E-state index in [9.17, 15) is 4.79 Å². The lowest BCUT2D eigenvalue weighted by molar-refractivity contribution is -0.135. The molecule has 1 aromatic heterocycles. The molecule has 5 heteroatoms. The highest BCUT2D eigenvalue weighted by atomic mass is 16.6. The van der Waals surface area contributed by atoms with Gasteiger partial charge in [-0.3, -0.25) is 9.78 Å². The Kier molecular flexibility index (Phi) is 5.36. The van der Waals surface area contributed by atoms with Crippen LogP contribution in [0.15, 0.2) is 36.2 Å². The van der Waals surface area contributed by atoms with Crippen molar-refractivity contribution in [2.75, 3.05) is 19.7 Å². The maximum Gasteiger partial charge on any atom is 0.249 e. The van der Waals surface area contributed by atoms with E-state index < -0.39 is 0 Å². The minimum absolute atomic E-state index is 0.104. The number of rotatable bonds is 4. The van der Waals surface area contributed by atoms with E-state index in [0.29, 0.717) is 19.8 Å². The Bertz CT molecular complexity index is 660. The average molecular weight is 356 g/mol. The van der Waals surface area contributed by atoms with E-state index in [1.54, 1.807) is 12.4 Å². The topological polar surface area (TPSA) is 51.7 Å². The van der Waals surface area contributed by atoms with Gasteiger partial charge in [0.15, 0.2) is 0 Å². The fourth-order valence-electron chi connectivity index (χ4n) is 4.39. The molecule has 4 rings (SSSR count). The zero-order valence-electron chi connectivity index (χ0n) is 15.4. The Morgan fingerprint density at radius 3 is 3.00 bits per heavy atom. The summed E-state index contributed by atoms with van der Waals surface area (Å²) in [5.41, 5.74) is 1.92. The maximum absolute atomic E-state index is 12.9. The molecule has 2 saturated heterocycles. The third-order valence-electron chi connectivity index (χ3n) is 5.80. The van der Waals surface area contributed by atoms with Gasteiger partial charge in [0.1, 0.15) is 0 Å². The molecule has 0 bridgehead atoms.